The van der Waals surface area contributed by atoms with Crippen molar-refractivity contribution in [2.24, 2.45) is 5.41 Å². The molecule has 1 aliphatic heterocycles. The lowest BCUT2D eigenvalue weighted by Gasteiger charge is -2.35. The van der Waals surface area contributed by atoms with Crippen molar-refractivity contribution in [3.05, 3.63) is 24.3 Å². The van der Waals surface area contributed by atoms with Crippen LogP contribution in [0.4, 0.5) is 0 Å². The van der Waals surface area contributed by atoms with Crippen molar-refractivity contribution in [3.63, 3.8) is 0 Å². The van der Waals surface area contributed by atoms with E-state index in [0.29, 0.717) is 11.1 Å². The minimum absolute atomic E-state index is 0.0299. The number of esters is 2. The lowest BCUT2D eigenvalue weighted by atomic mass is 9.91. The molecule has 0 unspecified atom stereocenters. The minimum Gasteiger partial charge on any atom is -0.461 e. The Bertz CT molecular complexity index is 374. The Morgan fingerprint density at radius 2 is 1.40 bits per heavy atom. The maximum Gasteiger partial charge on any atom is 0.333 e. The highest BCUT2D eigenvalue weighted by Gasteiger charge is 2.37. The summed E-state index contributed by atoms with van der Waals surface area (Å²) in [6, 6.07) is 0. The molecule has 6 heteroatoms. The third-order valence-electron chi connectivity index (χ3n) is 2.70. The zero-order valence-electron chi connectivity index (χ0n) is 11.9. The second-order valence-corrected chi connectivity index (χ2v) is 5.03. The fourth-order valence-corrected chi connectivity index (χ4v) is 1.51. The van der Waals surface area contributed by atoms with Gasteiger partial charge < -0.3 is 18.9 Å². The third kappa shape index (κ3) is 4.79. The molecule has 0 atom stereocenters. The number of rotatable bonds is 6. The van der Waals surface area contributed by atoms with E-state index < -0.39 is 17.4 Å². The van der Waals surface area contributed by atoms with E-state index in [4.69, 9.17) is 18.9 Å². The molecule has 6 nitrogen and oxygen atoms in total. The molecule has 0 bridgehead atoms. The molecule has 1 saturated heterocycles. The van der Waals surface area contributed by atoms with Crippen LogP contribution >= 0.6 is 0 Å². The average molecular weight is 284 g/mol. The second kappa shape index (κ2) is 7.21. The predicted molar refractivity (Wildman–Crippen MR) is 70.8 cm³/mol. The van der Waals surface area contributed by atoms with Crippen molar-refractivity contribution in [3.8, 4) is 0 Å². The monoisotopic (exact) mass is 284 g/mol. The number of hydrogen-bond donors (Lipinski definition) is 0. The minimum atomic E-state index is -0.700. The van der Waals surface area contributed by atoms with Gasteiger partial charge in [0.2, 0.25) is 0 Å². The van der Waals surface area contributed by atoms with Gasteiger partial charge in [0, 0.05) is 11.1 Å². The molecule has 0 amide bonds. The fourth-order valence-electron chi connectivity index (χ4n) is 1.51. The molecule has 0 spiro atoms. The average Bonchev–Trinajstić information content (AvgIpc) is 2.43. The van der Waals surface area contributed by atoms with E-state index in [-0.39, 0.29) is 33.2 Å². The van der Waals surface area contributed by atoms with E-state index in [9.17, 15) is 9.59 Å². The molecule has 1 aliphatic rings. The van der Waals surface area contributed by atoms with Crippen LogP contribution < -0.4 is 0 Å². The van der Waals surface area contributed by atoms with Crippen LogP contribution in [0.2, 0.25) is 0 Å². The van der Waals surface area contributed by atoms with Gasteiger partial charge in [0.15, 0.2) is 0 Å². The maximum absolute atomic E-state index is 11.4. The number of carbonyl (C=O) groups excluding carboxylic acids is 2. The first-order valence-corrected chi connectivity index (χ1v) is 6.17. The van der Waals surface area contributed by atoms with Crippen LogP contribution in [0.25, 0.3) is 0 Å². The third-order valence-corrected chi connectivity index (χ3v) is 2.70. The molecule has 0 aromatic rings. The molecule has 0 saturated carbocycles. The molecule has 0 aliphatic carbocycles. The summed E-state index contributed by atoms with van der Waals surface area (Å²) in [5.41, 5.74) is -0.0949. The number of carbonyl (C=O) groups is 2. The van der Waals surface area contributed by atoms with Crippen molar-refractivity contribution in [2.45, 2.75) is 13.8 Å². The Morgan fingerprint density at radius 1 is 1.00 bits per heavy atom. The van der Waals surface area contributed by atoms with Gasteiger partial charge in [0.05, 0.1) is 18.6 Å². The van der Waals surface area contributed by atoms with Crippen LogP contribution in [0.1, 0.15) is 13.8 Å². The molecule has 1 fully saturated rings. The lowest BCUT2D eigenvalue weighted by molar-refractivity contribution is -0.199. The summed E-state index contributed by atoms with van der Waals surface area (Å²) in [5, 5.41) is 0. The zero-order chi connectivity index (χ0) is 15.2. The Hall–Kier alpha value is -1.66. The summed E-state index contributed by atoms with van der Waals surface area (Å²) in [5.74, 6) is -0.998. The van der Waals surface area contributed by atoms with Gasteiger partial charge in [-0.05, 0) is 13.8 Å². The van der Waals surface area contributed by atoms with Gasteiger partial charge in [-0.1, -0.05) is 13.2 Å². The van der Waals surface area contributed by atoms with Crippen LogP contribution in [0.15, 0.2) is 24.3 Å². The Kier molecular flexibility index (Phi) is 5.91. The van der Waals surface area contributed by atoms with Crippen LogP contribution in [0, 0.1) is 5.41 Å². The summed E-state index contributed by atoms with van der Waals surface area (Å²) in [6.07, 6.45) is 0. The summed E-state index contributed by atoms with van der Waals surface area (Å²) in [4.78, 5) is 22.9. The Morgan fingerprint density at radius 3 is 1.75 bits per heavy atom. The summed E-state index contributed by atoms with van der Waals surface area (Å²) in [7, 11) is 0. The highest BCUT2D eigenvalue weighted by molar-refractivity contribution is 5.87. The largest absolute Gasteiger partial charge is 0.461 e. The van der Waals surface area contributed by atoms with Gasteiger partial charge in [-0.15, -0.1) is 0 Å². The molecule has 0 aromatic carbocycles. The van der Waals surface area contributed by atoms with Crippen LogP contribution in [-0.4, -0.2) is 45.2 Å². The summed E-state index contributed by atoms with van der Waals surface area (Å²) < 4.78 is 20.7. The van der Waals surface area contributed by atoms with E-state index in [1.54, 1.807) is 13.8 Å². The summed E-state index contributed by atoms with van der Waals surface area (Å²) >= 11 is 0. The van der Waals surface area contributed by atoms with Gasteiger partial charge in [-0.25, -0.2) is 9.59 Å². The number of hydrogen-bond acceptors (Lipinski definition) is 6. The first-order chi connectivity index (χ1) is 9.36. The molecule has 0 N–H and O–H groups in total. The standard InChI is InChI=1S/C14H20O6/c1-10(2)12(15)19-7-14(5-17-9-18-6-14)8-20-13(16)11(3)4/h1,3,5-9H2,2,4H3. The van der Waals surface area contributed by atoms with Gasteiger partial charge in [0.25, 0.3) is 0 Å². The Labute approximate surface area is 118 Å². The van der Waals surface area contributed by atoms with Gasteiger partial charge in [0.1, 0.15) is 20.0 Å². The maximum atomic E-state index is 11.4. The van der Waals surface area contributed by atoms with E-state index in [0.717, 1.165) is 0 Å². The number of ether oxygens (including phenoxy) is 4. The van der Waals surface area contributed by atoms with E-state index in [1.165, 1.54) is 0 Å². The second-order valence-electron chi connectivity index (χ2n) is 5.03. The zero-order valence-corrected chi connectivity index (χ0v) is 11.9. The molecule has 20 heavy (non-hydrogen) atoms. The van der Waals surface area contributed by atoms with E-state index >= 15 is 0 Å². The van der Waals surface area contributed by atoms with Crippen molar-refractivity contribution in [1.29, 1.82) is 0 Å². The van der Waals surface area contributed by atoms with Crippen molar-refractivity contribution in [2.75, 3.05) is 33.2 Å². The summed E-state index contributed by atoms with van der Waals surface area (Å²) in [6.45, 7) is 10.9. The SMILES string of the molecule is C=C(C)C(=O)OCC1(COC(=O)C(=C)C)COCOC1. The smallest absolute Gasteiger partial charge is 0.333 e. The van der Waals surface area contributed by atoms with Gasteiger partial charge in [-0.2, -0.15) is 0 Å². The van der Waals surface area contributed by atoms with Gasteiger partial charge in [-0.3, -0.25) is 0 Å². The predicted octanol–water partition coefficient (Wildman–Crippen LogP) is 1.22. The van der Waals surface area contributed by atoms with Gasteiger partial charge >= 0.3 is 11.9 Å². The lowest BCUT2D eigenvalue weighted by Crippen LogP contribution is -2.46. The molecule has 1 rings (SSSR count). The van der Waals surface area contributed by atoms with Crippen molar-refractivity contribution >= 4 is 11.9 Å². The van der Waals surface area contributed by atoms with E-state index in [2.05, 4.69) is 13.2 Å². The highest BCUT2D eigenvalue weighted by atomic mass is 16.7. The normalized spacial score (nSPS) is 17.1. The topological polar surface area (TPSA) is 71.1 Å². The van der Waals surface area contributed by atoms with Crippen LogP contribution in [-0.2, 0) is 28.5 Å². The van der Waals surface area contributed by atoms with Crippen molar-refractivity contribution in [1.82, 2.24) is 0 Å². The quantitative estimate of drug-likeness (QED) is 0.539. The molecule has 0 radical (unpaired) electrons. The first-order valence-electron chi connectivity index (χ1n) is 6.17. The molecular formula is C14H20O6. The molecule has 1 heterocycles. The first kappa shape index (κ1) is 16.4. The fraction of sp³-hybridized carbons (Fsp3) is 0.571. The van der Waals surface area contributed by atoms with Crippen LogP contribution in [0.5, 0.6) is 0 Å². The molecular weight excluding hydrogens is 264 g/mol. The van der Waals surface area contributed by atoms with Crippen LogP contribution in [0.3, 0.4) is 0 Å². The van der Waals surface area contributed by atoms with Crippen molar-refractivity contribution < 1.29 is 28.5 Å². The molecule has 0 aromatic heterocycles. The van der Waals surface area contributed by atoms with E-state index in [1.807, 2.05) is 0 Å². The molecule has 112 valence electrons. The highest BCUT2D eigenvalue weighted by Crippen LogP contribution is 2.24. The Balaban J connectivity index is 2.61.